The van der Waals surface area contributed by atoms with E-state index in [-0.39, 0.29) is 22.8 Å². The van der Waals surface area contributed by atoms with Crippen LogP contribution in [-0.4, -0.2) is 5.78 Å². The number of hydrogen-bond donors (Lipinski definition) is 0. The van der Waals surface area contributed by atoms with Gasteiger partial charge in [0.15, 0.2) is 24.2 Å². The van der Waals surface area contributed by atoms with Gasteiger partial charge in [-0.05, 0) is 0 Å². The van der Waals surface area contributed by atoms with Crippen molar-refractivity contribution in [1.82, 2.24) is 0 Å². The van der Waals surface area contributed by atoms with E-state index in [0.717, 1.165) is 12.1 Å². The quantitative estimate of drug-likeness (QED) is 0.554. The minimum Gasteiger partial charge on any atom is -1.00 e. The van der Waals surface area contributed by atoms with Gasteiger partial charge in [-0.25, -0.2) is 4.57 Å². The lowest BCUT2D eigenvalue weighted by Gasteiger charge is -2.00. The van der Waals surface area contributed by atoms with E-state index in [2.05, 4.69) is 4.57 Å². The predicted octanol–water partition coefficient (Wildman–Crippen LogP) is -0.440. The molecular formula is C15H16BrNO. The van der Waals surface area contributed by atoms with Crippen LogP contribution in [0.3, 0.4) is 0 Å². The molecule has 3 heteroatoms. The topological polar surface area (TPSA) is 20.9 Å². The first-order valence-electron chi connectivity index (χ1n) is 5.81. The number of rotatable bonds is 4. The highest BCUT2D eigenvalue weighted by atomic mass is 79.9. The number of carbonyl (C=O) groups excluding carboxylic acids is 1. The van der Waals surface area contributed by atoms with Crippen LogP contribution < -0.4 is 21.5 Å². The molecular weight excluding hydrogens is 290 g/mol. The summed E-state index contributed by atoms with van der Waals surface area (Å²) in [5, 5.41) is 0. The fourth-order valence-corrected chi connectivity index (χ4v) is 1.80. The average molecular weight is 306 g/mol. The molecule has 0 bridgehead atoms. The summed E-state index contributed by atoms with van der Waals surface area (Å²) in [4.78, 5) is 11.9. The molecule has 0 fully saturated rings. The number of hydrogen-bond acceptors (Lipinski definition) is 1. The van der Waals surface area contributed by atoms with E-state index >= 15 is 0 Å². The third kappa shape index (κ3) is 3.77. The van der Waals surface area contributed by atoms with Crippen LogP contribution in [0.4, 0.5) is 0 Å². The Morgan fingerprint density at radius 1 is 1.06 bits per heavy atom. The van der Waals surface area contributed by atoms with Crippen LogP contribution in [0.25, 0.3) is 0 Å². The highest BCUT2D eigenvalue weighted by molar-refractivity contribution is 5.95. The van der Waals surface area contributed by atoms with Crippen molar-refractivity contribution in [2.75, 3.05) is 0 Å². The molecule has 2 nitrogen and oxygen atoms in total. The Kier molecular flexibility index (Phi) is 5.72. The van der Waals surface area contributed by atoms with Crippen LogP contribution >= 0.6 is 0 Å². The second-order valence-corrected chi connectivity index (χ2v) is 4.07. The fourth-order valence-electron chi connectivity index (χ4n) is 1.80. The van der Waals surface area contributed by atoms with Gasteiger partial charge in [-0.2, -0.15) is 0 Å². The molecule has 1 heterocycles. The minimum atomic E-state index is 0. The Labute approximate surface area is 118 Å². The van der Waals surface area contributed by atoms with Crippen LogP contribution in [0.5, 0.6) is 0 Å². The van der Waals surface area contributed by atoms with Gasteiger partial charge in [0, 0.05) is 24.6 Å². The second kappa shape index (κ2) is 7.07. The first kappa shape index (κ1) is 14.6. The maximum Gasteiger partial charge on any atom is 0.178 e. The number of ketones is 1. The monoisotopic (exact) mass is 305 g/mol. The number of benzene rings is 1. The van der Waals surface area contributed by atoms with Gasteiger partial charge in [0.05, 0.1) is 6.42 Å². The summed E-state index contributed by atoms with van der Waals surface area (Å²) in [6, 6.07) is 15.5. The van der Waals surface area contributed by atoms with E-state index in [1.165, 1.54) is 5.69 Å². The van der Waals surface area contributed by atoms with Crippen molar-refractivity contribution in [3.63, 3.8) is 0 Å². The van der Waals surface area contributed by atoms with Crippen LogP contribution in [0, 0.1) is 6.92 Å². The molecule has 0 saturated heterocycles. The van der Waals surface area contributed by atoms with Crippen molar-refractivity contribution in [3.8, 4) is 0 Å². The van der Waals surface area contributed by atoms with Crippen molar-refractivity contribution < 1.29 is 26.3 Å². The lowest BCUT2D eigenvalue weighted by Crippen LogP contribution is -3.00. The van der Waals surface area contributed by atoms with Crippen molar-refractivity contribution in [3.05, 3.63) is 66.0 Å². The molecule has 18 heavy (non-hydrogen) atoms. The summed E-state index contributed by atoms with van der Waals surface area (Å²) >= 11 is 0. The Bertz CT molecular complexity index is 511. The van der Waals surface area contributed by atoms with E-state index in [9.17, 15) is 4.79 Å². The number of aromatic nitrogens is 1. The standard InChI is InChI=1S/C15H16NO.BrH/c1-13-7-5-6-11-16(13)12-10-15(17)14-8-3-2-4-9-14;/h2-9,11H,10,12H2,1H3;1H/q+1;/p-1. The Morgan fingerprint density at radius 3 is 2.39 bits per heavy atom. The summed E-state index contributed by atoms with van der Waals surface area (Å²) in [7, 11) is 0. The van der Waals surface area contributed by atoms with E-state index in [4.69, 9.17) is 0 Å². The molecule has 1 aromatic heterocycles. The molecule has 0 aliphatic rings. The fraction of sp³-hybridized carbons (Fsp3) is 0.200. The number of halogens is 1. The van der Waals surface area contributed by atoms with Crippen LogP contribution in [0.1, 0.15) is 22.5 Å². The number of nitrogens with zero attached hydrogens (tertiary/aromatic N) is 1. The molecule has 0 saturated carbocycles. The first-order valence-corrected chi connectivity index (χ1v) is 5.81. The number of carbonyl (C=O) groups is 1. The molecule has 94 valence electrons. The third-order valence-corrected chi connectivity index (χ3v) is 2.84. The van der Waals surface area contributed by atoms with Gasteiger partial charge in [-0.3, -0.25) is 4.79 Å². The molecule has 0 spiro atoms. The smallest absolute Gasteiger partial charge is 0.178 e. The maximum absolute atomic E-state index is 11.9. The zero-order valence-corrected chi connectivity index (χ0v) is 11.9. The second-order valence-electron chi connectivity index (χ2n) is 4.07. The van der Waals surface area contributed by atoms with Crippen LogP contribution in [-0.2, 0) is 6.54 Å². The average Bonchev–Trinajstić information content (AvgIpc) is 2.38. The van der Waals surface area contributed by atoms with Crippen LogP contribution in [0.2, 0.25) is 0 Å². The molecule has 0 atom stereocenters. The molecule has 0 amide bonds. The molecule has 1 aromatic carbocycles. The molecule has 2 rings (SSSR count). The molecule has 0 aliphatic carbocycles. The largest absolute Gasteiger partial charge is 1.00 e. The summed E-state index contributed by atoms with van der Waals surface area (Å²) in [5.74, 6) is 0.196. The van der Waals surface area contributed by atoms with Gasteiger partial charge in [-0.15, -0.1) is 0 Å². The number of aryl methyl sites for hydroxylation is 2. The van der Waals surface area contributed by atoms with E-state index in [1.807, 2.05) is 61.7 Å². The van der Waals surface area contributed by atoms with Crippen molar-refractivity contribution in [2.24, 2.45) is 0 Å². The predicted molar refractivity (Wildman–Crippen MR) is 66.8 cm³/mol. The molecule has 0 aliphatic heterocycles. The van der Waals surface area contributed by atoms with E-state index in [1.54, 1.807) is 0 Å². The van der Waals surface area contributed by atoms with Gasteiger partial charge in [0.2, 0.25) is 0 Å². The first-order chi connectivity index (χ1) is 8.27. The van der Waals surface area contributed by atoms with Gasteiger partial charge >= 0.3 is 0 Å². The normalized spacial score (nSPS) is 9.61. The molecule has 0 unspecified atom stereocenters. The van der Waals surface area contributed by atoms with Crippen LogP contribution in [0.15, 0.2) is 54.7 Å². The SMILES string of the molecule is Cc1cccc[n+]1CCC(=O)c1ccccc1.[Br-]. The van der Waals surface area contributed by atoms with Crippen molar-refractivity contribution >= 4 is 5.78 Å². The van der Waals surface area contributed by atoms with E-state index < -0.39 is 0 Å². The zero-order valence-electron chi connectivity index (χ0n) is 10.3. The third-order valence-electron chi connectivity index (χ3n) is 2.84. The summed E-state index contributed by atoms with van der Waals surface area (Å²) in [6.07, 6.45) is 2.55. The maximum atomic E-state index is 11.9. The Balaban J connectivity index is 0.00000162. The molecule has 2 aromatic rings. The lowest BCUT2D eigenvalue weighted by atomic mass is 10.1. The van der Waals surface area contributed by atoms with E-state index in [0.29, 0.717) is 6.42 Å². The zero-order chi connectivity index (χ0) is 12.1. The summed E-state index contributed by atoms with van der Waals surface area (Å²) in [6.45, 7) is 2.79. The number of pyridine rings is 1. The lowest BCUT2D eigenvalue weighted by molar-refractivity contribution is -0.701. The molecule has 0 radical (unpaired) electrons. The van der Waals surface area contributed by atoms with Gasteiger partial charge < -0.3 is 17.0 Å². The highest BCUT2D eigenvalue weighted by Crippen LogP contribution is 2.03. The summed E-state index contributed by atoms with van der Waals surface area (Å²) in [5.41, 5.74) is 1.97. The Morgan fingerprint density at radius 2 is 1.72 bits per heavy atom. The minimum absolute atomic E-state index is 0. The van der Waals surface area contributed by atoms with Gasteiger partial charge in [0.1, 0.15) is 0 Å². The number of Topliss-reactive ketones (excluding diaryl/α,β-unsaturated/α-hetero) is 1. The van der Waals surface area contributed by atoms with Gasteiger partial charge in [-0.1, -0.05) is 36.4 Å². The molecule has 0 N–H and O–H groups in total. The Hall–Kier alpha value is -1.48. The van der Waals surface area contributed by atoms with Gasteiger partial charge in [0.25, 0.3) is 0 Å². The van der Waals surface area contributed by atoms with Crippen molar-refractivity contribution in [2.45, 2.75) is 19.9 Å². The van der Waals surface area contributed by atoms with Crippen molar-refractivity contribution in [1.29, 1.82) is 0 Å². The highest BCUT2D eigenvalue weighted by Gasteiger charge is 2.10. The summed E-state index contributed by atoms with van der Waals surface area (Å²) < 4.78 is 2.10.